The van der Waals surface area contributed by atoms with Crippen LogP contribution in [0.4, 0.5) is 16.0 Å². The molecule has 0 bridgehead atoms. The van der Waals surface area contributed by atoms with Crippen molar-refractivity contribution in [2.45, 2.75) is 39.3 Å². The molecular formula is C24H25ClFN3O4. The molecule has 0 saturated heterocycles. The Balaban J connectivity index is 1.96. The van der Waals surface area contributed by atoms with Crippen LogP contribution in [-0.4, -0.2) is 33.2 Å². The van der Waals surface area contributed by atoms with E-state index in [9.17, 15) is 14.0 Å². The van der Waals surface area contributed by atoms with E-state index in [2.05, 4.69) is 10.3 Å². The highest BCUT2D eigenvalue weighted by Gasteiger charge is 2.15. The molecule has 0 unspecified atom stereocenters. The number of anilines is 2. The Morgan fingerprint density at radius 3 is 2.61 bits per heavy atom. The summed E-state index contributed by atoms with van der Waals surface area (Å²) in [4.78, 5) is 29.5. The molecule has 0 radical (unpaired) electrons. The Bertz CT molecular complexity index is 1180. The number of ether oxygens (including phenoxy) is 1. The molecule has 33 heavy (non-hydrogen) atoms. The van der Waals surface area contributed by atoms with Crippen LogP contribution in [0.15, 0.2) is 53.5 Å². The smallest absolute Gasteiger partial charge is 0.258 e. The predicted molar refractivity (Wildman–Crippen MR) is 125 cm³/mol. The van der Waals surface area contributed by atoms with Gasteiger partial charge in [0.15, 0.2) is 11.6 Å². The Kier molecular flexibility index (Phi) is 8.19. The van der Waals surface area contributed by atoms with E-state index >= 15 is 0 Å². The van der Waals surface area contributed by atoms with Crippen molar-refractivity contribution in [1.82, 2.24) is 9.55 Å². The summed E-state index contributed by atoms with van der Waals surface area (Å²) in [6, 6.07) is 11.4. The molecule has 0 saturated carbocycles. The number of Topliss-reactive ketones (excluding diaryl/α,β-unsaturated/α-hetero) is 1. The van der Waals surface area contributed by atoms with Crippen LogP contribution in [0.25, 0.3) is 0 Å². The average molecular weight is 474 g/mol. The fraction of sp³-hybridized carbons (Fsp3) is 0.292. The van der Waals surface area contributed by atoms with Crippen molar-refractivity contribution in [3.05, 3.63) is 81.0 Å². The molecule has 2 aromatic carbocycles. The van der Waals surface area contributed by atoms with Gasteiger partial charge in [0.25, 0.3) is 5.56 Å². The normalized spacial score (nSPS) is 11.0. The van der Waals surface area contributed by atoms with E-state index in [4.69, 9.17) is 21.4 Å². The Morgan fingerprint density at radius 1 is 1.24 bits per heavy atom. The van der Waals surface area contributed by atoms with Gasteiger partial charge in [-0.25, -0.2) is 9.37 Å². The number of benzene rings is 2. The van der Waals surface area contributed by atoms with Crippen molar-refractivity contribution >= 4 is 29.0 Å². The largest absolute Gasteiger partial charge is 0.488 e. The number of aliphatic hydroxyl groups is 1. The van der Waals surface area contributed by atoms with Crippen LogP contribution in [0.5, 0.6) is 5.75 Å². The van der Waals surface area contributed by atoms with E-state index < -0.39 is 11.4 Å². The maximum atomic E-state index is 14.4. The molecule has 0 aliphatic rings. The van der Waals surface area contributed by atoms with E-state index in [-0.39, 0.29) is 55.1 Å². The molecule has 0 amide bonds. The molecule has 0 spiro atoms. The monoisotopic (exact) mass is 473 g/mol. The number of carbonyl (C=O) groups excluding carboxylic acids is 1. The van der Waals surface area contributed by atoms with Gasteiger partial charge >= 0.3 is 0 Å². The highest BCUT2D eigenvalue weighted by molar-refractivity contribution is 6.30. The van der Waals surface area contributed by atoms with Gasteiger partial charge in [-0.05, 0) is 43.7 Å². The Hall–Kier alpha value is -3.23. The first-order valence-electron chi connectivity index (χ1n) is 10.5. The number of carbonyl (C=O) groups is 1. The van der Waals surface area contributed by atoms with Gasteiger partial charge < -0.3 is 15.2 Å². The standard InChI is InChI=1S/C24H25ClFN3O4/c1-15(2)33-22-8-7-19(12-21(22)26)28-24-27-13-17(11-20(31)9-10-30)23(32)29(24)14-16-3-5-18(25)6-4-16/h3-8,12-13,15,30H,9-11,14H2,1-2H3,(H,27,28). The number of nitrogens with zero attached hydrogens (tertiary/aromatic N) is 2. The first-order chi connectivity index (χ1) is 15.8. The predicted octanol–water partition coefficient (Wildman–Crippen LogP) is 4.11. The van der Waals surface area contributed by atoms with E-state index in [1.54, 1.807) is 44.2 Å². The molecule has 174 valence electrons. The first-order valence-corrected chi connectivity index (χ1v) is 10.8. The Labute approximate surface area is 195 Å². The van der Waals surface area contributed by atoms with Gasteiger partial charge in [-0.3, -0.25) is 14.2 Å². The molecule has 3 aromatic rings. The summed E-state index contributed by atoms with van der Waals surface area (Å²) in [5.41, 5.74) is 0.968. The average Bonchev–Trinajstić information content (AvgIpc) is 2.76. The summed E-state index contributed by atoms with van der Waals surface area (Å²) in [6.45, 7) is 3.48. The molecular weight excluding hydrogens is 449 g/mol. The van der Waals surface area contributed by atoms with Crippen molar-refractivity contribution in [3.63, 3.8) is 0 Å². The molecule has 7 nitrogen and oxygen atoms in total. The highest BCUT2D eigenvalue weighted by Crippen LogP contribution is 2.24. The molecule has 3 rings (SSSR count). The van der Waals surface area contributed by atoms with Crippen LogP contribution in [0.1, 0.15) is 31.4 Å². The molecule has 0 aliphatic carbocycles. The number of ketones is 1. The maximum Gasteiger partial charge on any atom is 0.258 e. The quantitative estimate of drug-likeness (QED) is 0.460. The molecule has 0 aliphatic heterocycles. The third-order valence-corrected chi connectivity index (χ3v) is 4.95. The van der Waals surface area contributed by atoms with Gasteiger partial charge in [-0.15, -0.1) is 0 Å². The molecule has 1 aromatic heterocycles. The fourth-order valence-electron chi connectivity index (χ4n) is 3.16. The van der Waals surface area contributed by atoms with Crippen LogP contribution in [-0.2, 0) is 17.8 Å². The van der Waals surface area contributed by atoms with Gasteiger partial charge in [0.1, 0.15) is 5.78 Å². The van der Waals surface area contributed by atoms with E-state index in [0.29, 0.717) is 10.7 Å². The van der Waals surface area contributed by atoms with Crippen molar-refractivity contribution in [3.8, 4) is 5.75 Å². The van der Waals surface area contributed by atoms with Crippen LogP contribution in [0.3, 0.4) is 0 Å². The third-order valence-electron chi connectivity index (χ3n) is 4.70. The minimum Gasteiger partial charge on any atom is -0.488 e. The lowest BCUT2D eigenvalue weighted by atomic mass is 10.1. The number of rotatable bonds is 10. The van der Waals surface area contributed by atoms with Crippen LogP contribution in [0.2, 0.25) is 5.02 Å². The van der Waals surface area contributed by atoms with Crippen molar-refractivity contribution < 1.29 is 19.0 Å². The van der Waals surface area contributed by atoms with Crippen LogP contribution >= 0.6 is 11.6 Å². The fourth-order valence-corrected chi connectivity index (χ4v) is 3.28. The second-order valence-electron chi connectivity index (χ2n) is 7.75. The number of hydrogen-bond acceptors (Lipinski definition) is 6. The molecule has 0 fully saturated rings. The van der Waals surface area contributed by atoms with E-state index in [0.717, 1.165) is 5.56 Å². The first kappa shape index (κ1) is 24.4. The zero-order chi connectivity index (χ0) is 24.0. The minimum atomic E-state index is -0.550. The molecule has 0 atom stereocenters. The number of hydrogen-bond donors (Lipinski definition) is 2. The molecule has 9 heteroatoms. The van der Waals surface area contributed by atoms with Gasteiger partial charge in [-0.1, -0.05) is 23.7 Å². The third kappa shape index (κ3) is 6.63. The van der Waals surface area contributed by atoms with Gasteiger partial charge in [-0.2, -0.15) is 0 Å². The number of halogens is 2. The van der Waals surface area contributed by atoms with E-state index in [1.807, 2.05) is 0 Å². The summed E-state index contributed by atoms with van der Waals surface area (Å²) >= 11 is 5.96. The van der Waals surface area contributed by atoms with E-state index in [1.165, 1.54) is 22.9 Å². The van der Waals surface area contributed by atoms with Crippen LogP contribution in [0, 0.1) is 5.82 Å². The second-order valence-corrected chi connectivity index (χ2v) is 8.19. The summed E-state index contributed by atoms with van der Waals surface area (Å²) in [5, 5.41) is 12.5. The number of aliphatic hydroxyl groups excluding tert-OH is 1. The molecule has 1 heterocycles. The lowest BCUT2D eigenvalue weighted by Crippen LogP contribution is -2.28. The zero-order valence-corrected chi connectivity index (χ0v) is 19.1. The number of nitrogens with one attached hydrogen (secondary N) is 1. The van der Waals surface area contributed by atoms with Crippen molar-refractivity contribution in [2.75, 3.05) is 11.9 Å². The van der Waals surface area contributed by atoms with Gasteiger partial charge in [0, 0.05) is 48.0 Å². The molecule has 2 N–H and O–H groups in total. The highest BCUT2D eigenvalue weighted by atomic mass is 35.5. The lowest BCUT2D eigenvalue weighted by molar-refractivity contribution is -0.119. The van der Waals surface area contributed by atoms with Crippen LogP contribution < -0.4 is 15.6 Å². The SMILES string of the molecule is CC(C)Oc1ccc(Nc2ncc(CC(=O)CCO)c(=O)n2Cc2ccc(Cl)cc2)cc1F. The number of aromatic nitrogens is 2. The van der Waals surface area contributed by atoms with Gasteiger partial charge in [0.05, 0.1) is 12.6 Å². The summed E-state index contributed by atoms with van der Waals surface area (Å²) in [6.07, 6.45) is 0.972. The topological polar surface area (TPSA) is 93.5 Å². The van der Waals surface area contributed by atoms with Crippen molar-refractivity contribution in [1.29, 1.82) is 0 Å². The summed E-state index contributed by atoms with van der Waals surface area (Å²) < 4.78 is 21.2. The lowest BCUT2D eigenvalue weighted by Gasteiger charge is -2.16. The zero-order valence-electron chi connectivity index (χ0n) is 18.3. The Morgan fingerprint density at radius 2 is 1.97 bits per heavy atom. The minimum absolute atomic E-state index is 0.0410. The van der Waals surface area contributed by atoms with Crippen molar-refractivity contribution in [2.24, 2.45) is 0 Å². The maximum absolute atomic E-state index is 14.4. The summed E-state index contributed by atoms with van der Waals surface area (Å²) in [7, 11) is 0. The second kappa shape index (κ2) is 11.1. The van der Waals surface area contributed by atoms with Gasteiger partial charge in [0.2, 0.25) is 5.95 Å². The summed E-state index contributed by atoms with van der Waals surface area (Å²) in [5.74, 6) is -0.505.